The lowest BCUT2D eigenvalue weighted by Crippen LogP contribution is -2.23. The predicted octanol–water partition coefficient (Wildman–Crippen LogP) is 0.528. The van der Waals surface area contributed by atoms with E-state index in [1.165, 1.54) is 23.0 Å². The molecule has 1 amide bonds. The van der Waals surface area contributed by atoms with E-state index in [1.807, 2.05) is 0 Å². The van der Waals surface area contributed by atoms with Crippen LogP contribution >= 0.6 is 11.6 Å². The molecule has 110 valence electrons. The van der Waals surface area contributed by atoms with Gasteiger partial charge >= 0.3 is 5.97 Å². The Morgan fingerprint density at radius 3 is 2.86 bits per heavy atom. The van der Waals surface area contributed by atoms with Gasteiger partial charge in [0.2, 0.25) is 0 Å². The Morgan fingerprint density at radius 2 is 2.19 bits per heavy atom. The van der Waals surface area contributed by atoms with Gasteiger partial charge in [-0.15, -0.1) is 5.10 Å². The van der Waals surface area contributed by atoms with Crippen LogP contribution in [0.2, 0.25) is 5.02 Å². The third-order valence-electron chi connectivity index (χ3n) is 2.57. The van der Waals surface area contributed by atoms with Gasteiger partial charge in [0, 0.05) is 5.56 Å². The first kappa shape index (κ1) is 14.8. The molecule has 0 fully saturated rings. The van der Waals surface area contributed by atoms with Crippen LogP contribution < -0.4 is 11.1 Å². The molecule has 0 spiro atoms. The molecule has 0 aliphatic carbocycles. The number of carbonyl (C=O) groups excluding carboxylic acids is 1. The van der Waals surface area contributed by atoms with Crippen LogP contribution in [0.25, 0.3) is 0 Å². The first-order chi connectivity index (χ1) is 9.95. The normalized spacial score (nSPS) is 10.3. The summed E-state index contributed by atoms with van der Waals surface area (Å²) in [6.07, 6.45) is 1.45. The Balaban J connectivity index is 1.95. The van der Waals surface area contributed by atoms with Crippen LogP contribution in [0.5, 0.6) is 0 Å². The van der Waals surface area contributed by atoms with E-state index in [0.29, 0.717) is 22.0 Å². The molecule has 0 saturated heterocycles. The standard InChI is InChI=1S/C12H12ClN5O3/c13-9-2-1-7(3-10(9)14)12(21)15-4-8-5-18(17-16-8)6-11(19)20/h1-3,5H,4,6,14H2,(H,15,21)(H,19,20). The van der Waals surface area contributed by atoms with Gasteiger partial charge in [-0.25, -0.2) is 4.68 Å². The SMILES string of the molecule is Nc1cc(C(=O)NCc2cn(CC(=O)O)nn2)ccc1Cl. The molecule has 2 rings (SSSR count). The molecule has 2 aromatic rings. The van der Waals surface area contributed by atoms with E-state index >= 15 is 0 Å². The Kier molecular flexibility index (Phi) is 4.39. The molecule has 0 bridgehead atoms. The lowest BCUT2D eigenvalue weighted by Gasteiger charge is -2.04. The van der Waals surface area contributed by atoms with E-state index < -0.39 is 5.97 Å². The van der Waals surface area contributed by atoms with Crippen molar-refractivity contribution in [3.05, 3.63) is 40.7 Å². The average Bonchev–Trinajstić information content (AvgIpc) is 2.86. The third kappa shape index (κ3) is 3.93. The van der Waals surface area contributed by atoms with Gasteiger partial charge < -0.3 is 16.2 Å². The van der Waals surface area contributed by atoms with Crippen LogP contribution in [0.4, 0.5) is 5.69 Å². The molecule has 9 heteroatoms. The number of rotatable bonds is 5. The zero-order chi connectivity index (χ0) is 15.4. The monoisotopic (exact) mass is 309 g/mol. The topological polar surface area (TPSA) is 123 Å². The van der Waals surface area contributed by atoms with E-state index in [2.05, 4.69) is 15.6 Å². The van der Waals surface area contributed by atoms with E-state index in [9.17, 15) is 9.59 Å². The summed E-state index contributed by atoms with van der Waals surface area (Å²) in [5.74, 6) is -1.36. The van der Waals surface area contributed by atoms with Gasteiger partial charge in [0.25, 0.3) is 5.91 Å². The minimum absolute atomic E-state index is 0.126. The Hall–Kier alpha value is -2.61. The summed E-state index contributed by atoms with van der Waals surface area (Å²) in [5, 5.41) is 19.0. The fourth-order valence-electron chi connectivity index (χ4n) is 1.59. The smallest absolute Gasteiger partial charge is 0.325 e. The van der Waals surface area contributed by atoms with E-state index in [0.717, 1.165) is 0 Å². The van der Waals surface area contributed by atoms with Gasteiger partial charge in [0.1, 0.15) is 12.2 Å². The van der Waals surface area contributed by atoms with Crippen LogP contribution in [-0.2, 0) is 17.9 Å². The number of nitrogens with one attached hydrogen (secondary N) is 1. The molecule has 1 aromatic heterocycles. The number of nitrogen functional groups attached to an aromatic ring is 1. The second-order valence-electron chi connectivity index (χ2n) is 4.22. The molecule has 21 heavy (non-hydrogen) atoms. The fraction of sp³-hybridized carbons (Fsp3) is 0.167. The van der Waals surface area contributed by atoms with Gasteiger partial charge in [-0.05, 0) is 18.2 Å². The molecule has 0 aliphatic rings. The number of benzene rings is 1. The van der Waals surface area contributed by atoms with Gasteiger partial charge in [0.15, 0.2) is 0 Å². The molecule has 0 aliphatic heterocycles. The van der Waals surface area contributed by atoms with E-state index in [1.54, 1.807) is 6.07 Å². The molecule has 0 unspecified atom stereocenters. The second-order valence-corrected chi connectivity index (χ2v) is 4.63. The van der Waals surface area contributed by atoms with Crippen LogP contribution in [0.3, 0.4) is 0 Å². The number of carboxylic acid groups (broad SMARTS) is 1. The number of nitrogens with two attached hydrogens (primary N) is 1. The summed E-state index contributed by atoms with van der Waals surface area (Å²) in [5.41, 5.74) is 6.76. The van der Waals surface area contributed by atoms with E-state index in [-0.39, 0.29) is 19.0 Å². The highest BCUT2D eigenvalue weighted by molar-refractivity contribution is 6.33. The highest BCUT2D eigenvalue weighted by atomic mass is 35.5. The van der Waals surface area contributed by atoms with Crippen LogP contribution in [-0.4, -0.2) is 32.0 Å². The second kappa shape index (κ2) is 6.23. The van der Waals surface area contributed by atoms with E-state index in [4.69, 9.17) is 22.4 Å². The molecular weight excluding hydrogens is 298 g/mol. The van der Waals surface area contributed by atoms with Crippen LogP contribution in [0.15, 0.2) is 24.4 Å². The minimum Gasteiger partial charge on any atom is -0.480 e. The quantitative estimate of drug-likeness (QED) is 0.692. The number of hydrogen-bond donors (Lipinski definition) is 3. The number of nitrogens with zero attached hydrogens (tertiary/aromatic N) is 3. The summed E-state index contributed by atoms with van der Waals surface area (Å²) in [6, 6.07) is 4.56. The third-order valence-corrected chi connectivity index (χ3v) is 2.92. The number of halogens is 1. The van der Waals surface area contributed by atoms with Gasteiger partial charge in [-0.2, -0.15) is 0 Å². The number of carbonyl (C=O) groups is 2. The molecule has 4 N–H and O–H groups in total. The van der Waals surface area contributed by atoms with Crippen molar-refractivity contribution in [2.45, 2.75) is 13.1 Å². The maximum absolute atomic E-state index is 11.9. The summed E-state index contributed by atoms with van der Waals surface area (Å²) >= 11 is 5.78. The average molecular weight is 310 g/mol. The van der Waals surface area contributed by atoms with Crippen molar-refractivity contribution >= 4 is 29.2 Å². The Labute approximate surface area is 124 Å². The van der Waals surface area contributed by atoms with Crippen molar-refractivity contribution in [3.63, 3.8) is 0 Å². The number of hydrogen-bond acceptors (Lipinski definition) is 5. The lowest BCUT2D eigenvalue weighted by atomic mass is 10.2. The molecule has 1 aromatic carbocycles. The van der Waals surface area contributed by atoms with Crippen molar-refractivity contribution in [2.75, 3.05) is 5.73 Å². The Bertz CT molecular complexity index is 685. The lowest BCUT2D eigenvalue weighted by molar-refractivity contribution is -0.137. The van der Waals surface area contributed by atoms with Gasteiger partial charge in [-0.1, -0.05) is 16.8 Å². The molecule has 0 atom stereocenters. The van der Waals surface area contributed by atoms with Crippen molar-refractivity contribution in [1.29, 1.82) is 0 Å². The first-order valence-electron chi connectivity index (χ1n) is 5.89. The van der Waals surface area contributed by atoms with Gasteiger partial charge in [-0.3, -0.25) is 9.59 Å². The predicted molar refractivity (Wildman–Crippen MR) is 74.7 cm³/mol. The van der Waals surface area contributed by atoms with Crippen LogP contribution in [0.1, 0.15) is 16.1 Å². The Morgan fingerprint density at radius 1 is 1.43 bits per heavy atom. The highest BCUT2D eigenvalue weighted by Gasteiger charge is 2.09. The molecule has 0 radical (unpaired) electrons. The number of carboxylic acids is 1. The summed E-state index contributed by atoms with van der Waals surface area (Å²) in [6.45, 7) is -0.157. The van der Waals surface area contributed by atoms with Crippen molar-refractivity contribution in [3.8, 4) is 0 Å². The molecule has 0 saturated carbocycles. The summed E-state index contributed by atoms with van der Waals surface area (Å²) in [4.78, 5) is 22.4. The number of anilines is 1. The maximum atomic E-state index is 11.9. The summed E-state index contributed by atoms with van der Waals surface area (Å²) < 4.78 is 1.17. The number of amides is 1. The summed E-state index contributed by atoms with van der Waals surface area (Å²) in [7, 11) is 0. The highest BCUT2D eigenvalue weighted by Crippen LogP contribution is 2.19. The number of aliphatic carboxylic acids is 1. The number of aromatic nitrogens is 3. The zero-order valence-corrected chi connectivity index (χ0v) is 11.5. The fourth-order valence-corrected chi connectivity index (χ4v) is 1.71. The first-order valence-corrected chi connectivity index (χ1v) is 6.27. The zero-order valence-electron chi connectivity index (χ0n) is 10.8. The molecular formula is C12H12ClN5O3. The molecule has 1 heterocycles. The van der Waals surface area contributed by atoms with Crippen LogP contribution in [0, 0.1) is 0 Å². The van der Waals surface area contributed by atoms with Crippen molar-refractivity contribution in [2.24, 2.45) is 0 Å². The van der Waals surface area contributed by atoms with Crippen molar-refractivity contribution < 1.29 is 14.7 Å². The van der Waals surface area contributed by atoms with Crippen molar-refractivity contribution in [1.82, 2.24) is 20.3 Å². The maximum Gasteiger partial charge on any atom is 0.325 e. The minimum atomic E-state index is -1.02. The largest absolute Gasteiger partial charge is 0.480 e. The van der Waals surface area contributed by atoms with Gasteiger partial charge in [0.05, 0.1) is 23.5 Å². The molecule has 8 nitrogen and oxygen atoms in total.